The Morgan fingerprint density at radius 3 is 2.81 bits per heavy atom. The average Bonchev–Trinajstić information content (AvgIpc) is 3.18. The van der Waals surface area contributed by atoms with E-state index in [1.807, 2.05) is 6.92 Å². The van der Waals surface area contributed by atoms with Crippen LogP contribution in [0.25, 0.3) is 11.0 Å². The summed E-state index contributed by atoms with van der Waals surface area (Å²) in [6.45, 7) is 1.84. The van der Waals surface area contributed by atoms with Gasteiger partial charge in [0, 0.05) is 23.3 Å². The van der Waals surface area contributed by atoms with Crippen LogP contribution in [0.1, 0.15) is 23.7 Å². The van der Waals surface area contributed by atoms with Gasteiger partial charge in [-0.1, -0.05) is 6.07 Å². The number of H-pyrrole nitrogens is 1. The van der Waals surface area contributed by atoms with Crippen molar-refractivity contribution in [1.82, 2.24) is 19.5 Å². The van der Waals surface area contributed by atoms with E-state index in [-0.39, 0.29) is 11.3 Å². The molecule has 1 aliphatic rings. The molecular formula is C17H18N4O5. The summed E-state index contributed by atoms with van der Waals surface area (Å²) in [5, 5.41) is 32.1. The zero-order valence-electron chi connectivity index (χ0n) is 13.9. The number of hydrogen-bond acceptors (Lipinski definition) is 7. The highest BCUT2D eigenvalue weighted by Gasteiger charge is 2.47. The SMILES string of the molecule is Cc1ncnc2c1ccn2C1OC(C(O)c2cccc(=O)[nH]2)C(O)C1O. The summed E-state index contributed by atoms with van der Waals surface area (Å²) in [6, 6.07) is 6.12. The van der Waals surface area contributed by atoms with E-state index < -0.39 is 30.6 Å². The summed E-state index contributed by atoms with van der Waals surface area (Å²) in [6.07, 6.45) is -2.90. The zero-order valence-corrected chi connectivity index (χ0v) is 13.9. The number of aliphatic hydroxyl groups excluding tert-OH is 3. The minimum atomic E-state index is -1.35. The van der Waals surface area contributed by atoms with Crippen LogP contribution in [0.15, 0.2) is 41.6 Å². The molecule has 0 amide bonds. The molecule has 3 aromatic rings. The monoisotopic (exact) mass is 358 g/mol. The first kappa shape index (κ1) is 16.9. The molecule has 9 nitrogen and oxygen atoms in total. The molecule has 4 N–H and O–H groups in total. The molecule has 136 valence electrons. The minimum absolute atomic E-state index is 0.199. The van der Waals surface area contributed by atoms with E-state index in [0.717, 1.165) is 11.1 Å². The number of aromatic nitrogens is 4. The highest BCUT2D eigenvalue weighted by molar-refractivity contribution is 5.78. The molecule has 26 heavy (non-hydrogen) atoms. The van der Waals surface area contributed by atoms with Crippen molar-refractivity contribution in [2.45, 2.75) is 37.6 Å². The minimum Gasteiger partial charge on any atom is -0.387 e. The summed E-state index contributed by atoms with van der Waals surface area (Å²) < 4.78 is 7.36. The normalized spacial score (nSPS) is 27.1. The second-order valence-corrected chi connectivity index (χ2v) is 6.31. The second kappa shape index (κ2) is 6.29. The first-order valence-electron chi connectivity index (χ1n) is 8.14. The van der Waals surface area contributed by atoms with E-state index in [1.165, 1.54) is 24.5 Å². The van der Waals surface area contributed by atoms with Crippen LogP contribution in [0.3, 0.4) is 0 Å². The van der Waals surface area contributed by atoms with Gasteiger partial charge in [-0.2, -0.15) is 0 Å². The summed E-state index contributed by atoms with van der Waals surface area (Å²) in [5.41, 5.74) is 1.15. The Bertz CT molecular complexity index is 1000. The van der Waals surface area contributed by atoms with Crippen molar-refractivity contribution < 1.29 is 20.1 Å². The van der Waals surface area contributed by atoms with E-state index >= 15 is 0 Å². The highest BCUT2D eigenvalue weighted by Crippen LogP contribution is 2.36. The number of aromatic amines is 1. The third-order valence-electron chi connectivity index (χ3n) is 4.68. The van der Waals surface area contributed by atoms with Crippen molar-refractivity contribution in [2.75, 3.05) is 0 Å². The van der Waals surface area contributed by atoms with Crippen LogP contribution in [-0.2, 0) is 4.74 Å². The van der Waals surface area contributed by atoms with Gasteiger partial charge in [0.05, 0.1) is 5.69 Å². The van der Waals surface area contributed by atoms with E-state index in [1.54, 1.807) is 16.8 Å². The number of pyridine rings is 1. The molecular weight excluding hydrogens is 340 g/mol. The van der Waals surface area contributed by atoms with Gasteiger partial charge in [-0.25, -0.2) is 9.97 Å². The molecule has 9 heteroatoms. The Kier molecular flexibility index (Phi) is 4.08. The Hall–Kier alpha value is -2.59. The molecule has 0 bridgehead atoms. The molecule has 1 saturated heterocycles. The van der Waals surface area contributed by atoms with Gasteiger partial charge in [-0.05, 0) is 19.1 Å². The molecule has 0 saturated carbocycles. The Morgan fingerprint density at radius 2 is 2.04 bits per heavy atom. The van der Waals surface area contributed by atoms with E-state index in [2.05, 4.69) is 15.0 Å². The van der Waals surface area contributed by atoms with Crippen LogP contribution in [0.5, 0.6) is 0 Å². The van der Waals surface area contributed by atoms with Gasteiger partial charge in [-0.3, -0.25) is 4.79 Å². The predicted octanol–water partition coefficient (Wildman–Crippen LogP) is -0.219. The fourth-order valence-electron chi connectivity index (χ4n) is 3.29. The molecule has 4 heterocycles. The Morgan fingerprint density at radius 1 is 1.23 bits per heavy atom. The second-order valence-electron chi connectivity index (χ2n) is 6.31. The lowest BCUT2D eigenvalue weighted by atomic mass is 10.0. The number of nitrogens with zero attached hydrogens (tertiary/aromatic N) is 3. The van der Waals surface area contributed by atoms with Crippen molar-refractivity contribution in [2.24, 2.45) is 0 Å². The maximum Gasteiger partial charge on any atom is 0.248 e. The summed E-state index contributed by atoms with van der Waals surface area (Å²) >= 11 is 0. The van der Waals surface area contributed by atoms with Gasteiger partial charge in [0.15, 0.2) is 6.23 Å². The van der Waals surface area contributed by atoms with Crippen molar-refractivity contribution in [1.29, 1.82) is 0 Å². The highest BCUT2D eigenvalue weighted by atomic mass is 16.6. The molecule has 4 rings (SSSR count). The van der Waals surface area contributed by atoms with Gasteiger partial charge in [0.1, 0.15) is 36.4 Å². The van der Waals surface area contributed by atoms with E-state index in [0.29, 0.717) is 5.65 Å². The number of fused-ring (bicyclic) bond motifs is 1. The topological polar surface area (TPSA) is 133 Å². The lowest BCUT2D eigenvalue weighted by Crippen LogP contribution is -2.35. The summed E-state index contributed by atoms with van der Waals surface area (Å²) in [5.74, 6) is 0. The Labute approximate surface area is 147 Å². The zero-order chi connectivity index (χ0) is 18.4. The smallest absolute Gasteiger partial charge is 0.248 e. The molecule has 5 unspecified atom stereocenters. The van der Waals surface area contributed by atoms with Gasteiger partial charge in [0.25, 0.3) is 0 Å². The van der Waals surface area contributed by atoms with E-state index in [9.17, 15) is 20.1 Å². The third-order valence-corrected chi connectivity index (χ3v) is 4.68. The number of rotatable bonds is 3. The maximum absolute atomic E-state index is 11.4. The van der Waals surface area contributed by atoms with E-state index in [4.69, 9.17) is 4.74 Å². The fraction of sp³-hybridized carbons (Fsp3) is 0.353. The van der Waals surface area contributed by atoms with Crippen molar-refractivity contribution in [3.8, 4) is 0 Å². The number of aryl methyl sites for hydroxylation is 1. The van der Waals surface area contributed by atoms with Crippen molar-refractivity contribution in [3.05, 3.63) is 58.5 Å². The number of hydrogen-bond donors (Lipinski definition) is 4. The van der Waals surface area contributed by atoms with Crippen molar-refractivity contribution >= 4 is 11.0 Å². The van der Waals surface area contributed by atoms with Crippen LogP contribution in [0, 0.1) is 6.92 Å². The first-order valence-corrected chi connectivity index (χ1v) is 8.14. The van der Waals surface area contributed by atoms with Gasteiger partial charge >= 0.3 is 0 Å². The first-order chi connectivity index (χ1) is 12.5. The number of nitrogens with one attached hydrogen (secondary N) is 1. The van der Waals surface area contributed by atoms with Gasteiger partial charge in [-0.15, -0.1) is 0 Å². The third kappa shape index (κ3) is 2.61. The predicted molar refractivity (Wildman–Crippen MR) is 90.2 cm³/mol. The van der Waals surface area contributed by atoms with Crippen molar-refractivity contribution in [3.63, 3.8) is 0 Å². The lowest BCUT2D eigenvalue weighted by molar-refractivity contribution is -0.0860. The Balaban J connectivity index is 1.67. The van der Waals surface area contributed by atoms with Crippen LogP contribution in [0.2, 0.25) is 0 Å². The molecule has 5 atom stereocenters. The van der Waals surface area contributed by atoms with Gasteiger partial charge < -0.3 is 29.6 Å². The molecule has 1 aliphatic heterocycles. The molecule has 0 aliphatic carbocycles. The quantitative estimate of drug-likeness (QED) is 0.509. The maximum atomic E-state index is 11.4. The summed E-state index contributed by atoms with van der Waals surface area (Å²) in [7, 11) is 0. The van der Waals surface area contributed by atoms with Crippen LogP contribution in [0.4, 0.5) is 0 Å². The standard InChI is InChI=1S/C17H18N4O5/c1-8-9-5-6-21(16(9)19-7-18-8)17-14(25)13(24)15(26-17)12(23)10-3-2-4-11(22)20-10/h2-7,12-15,17,23-25H,1H3,(H,20,22). The van der Waals surface area contributed by atoms with Crippen LogP contribution < -0.4 is 5.56 Å². The van der Waals surface area contributed by atoms with Gasteiger partial charge in [0.2, 0.25) is 5.56 Å². The van der Waals surface area contributed by atoms with Crippen LogP contribution in [-0.4, -0.2) is 53.2 Å². The van der Waals surface area contributed by atoms with Crippen LogP contribution >= 0.6 is 0 Å². The number of ether oxygens (including phenoxy) is 1. The largest absolute Gasteiger partial charge is 0.387 e. The molecule has 0 spiro atoms. The molecule has 0 radical (unpaired) electrons. The molecule has 1 fully saturated rings. The fourth-order valence-corrected chi connectivity index (χ4v) is 3.29. The lowest BCUT2D eigenvalue weighted by Gasteiger charge is -2.21. The molecule has 0 aromatic carbocycles. The summed E-state index contributed by atoms with van der Waals surface area (Å²) in [4.78, 5) is 22.3. The molecule has 3 aromatic heterocycles. The number of aliphatic hydroxyl groups is 3. The average molecular weight is 358 g/mol.